The molecule has 0 spiro atoms. The number of benzene rings is 1. The maximum absolute atomic E-state index is 10.1. The van der Waals surface area contributed by atoms with Gasteiger partial charge in [-0.25, -0.2) is 0 Å². The van der Waals surface area contributed by atoms with E-state index in [2.05, 4.69) is 17.0 Å². The molecule has 1 aliphatic heterocycles. The summed E-state index contributed by atoms with van der Waals surface area (Å²) in [5.74, 6) is 0. The molecule has 2 rings (SSSR count). The Hall–Kier alpha value is -1.32. The van der Waals surface area contributed by atoms with Gasteiger partial charge in [-0.2, -0.15) is 0 Å². The molecule has 19 heavy (non-hydrogen) atoms. The molecule has 0 fully saturated rings. The van der Waals surface area contributed by atoms with Crippen LogP contribution in [0.15, 0.2) is 35.9 Å². The third-order valence-corrected chi connectivity index (χ3v) is 3.66. The van der Waals surface area contributed by atoms with Crippen LogP contribution < -0.4 is 4.90 Å². The van der Waals surface area contributed by atoms with E-state index < -0.39 is 0 Å². The summed E-state index contributed by atoms with van der Waals surface area (Å²) in [7, 11) is 1.74. The second-order valence-corrected chi connectivity index (χ2v) is 4.97. The third kappa shape index (κ3) is 3.37. The Kier molecular flexibility index (Phi) is 5.00. The molecule has 1 atom stereocenters. The molecule has 1 aliphatic rings. The zero-order chi connectivity index (χ0) is 13.7. The van der Waals surface area contributed by atoms with E-state index in [0.717, 1.165) is 43.8 Å². The lowest BCUT2D eigenvalue weighted by Crippen LogP contribution is -2.30. The van der Waals surface area contributed by atoms with E-state index in [0.29, 0.717) is 0 Å². The number of aliphatic hydroxyl groups is 1. The van der Waals surface area contributed by atoms with Crippen molar-refractivity contribution in [2.45, 2.75) is 25.9 Å². The molecule has 1 aromatic carbocycles. The quantitative estimate of drug-likeness (QED) is 0.827. The van der Waals surface area contributed by atoms with E-state index in [1.165, 1.54) is 5.57 Å². The predicted molar refractivity (Wildman–Crippen MR) is 78.5 cm³/mol. The van der Waals surface area contributed by atoms with Crippen molar-refractivity contribution in [3.63, 3.8) is 0 Å². The summed E-state index contributed by atoms with van der Waals surface area (Å²) < 4.78 is 5.17. The van der Waals surface area contributed by atoms with E-state index in [1.807, 2.05) is 25.1 Å². The van der Waals surface area contributed by atoms with Gasteiger partial charge in [0.1, 0.15) is 0 Å². The van der Waals surface area contributed by atoms with Gasteiger partial charge < -0.3 is 14.7 Å². The normalized spacial score (nSPS) is 17.2. The minimum absolute atomic E-state index is 0.374. The number of hydrogen-bond acceptors (Lipinski definition) is 3. The van der Waals surface area contributed by atoms with Gasteiger partial charge in [-0.1, -0.05) is 31.2 Å². The molecule has 0 bridgehead atoms. The average molecular weight is 261 g/mol. The van der Waals surface area contributed by atoms with Gasteiger partial charge in [0.25, 0.3) is 0 Å². The van der Waals surface area contributed by atoms with Gasteiger partial charge in [0.05, 0.1) is 12.7 Å². The van der Waals surface area contributed by atoms with Gasteiger partial charge in [-0.05, 0) is 24.5 Å². The van der Waals surface area contributed by atoms with Crippen LogP contribution in [0.25, 0.3) is 0 Å². The number of anilines is 1. The molecule has 0 aromatic heterocycles. The van der Waals surface area contributed by atoms with Crippen molar-refractivity contribution in [3.8, 4) is 0 Å². The van der Waals surface area contributed by atoms with Crippen molar-refractivity contribution in [1.29, 1.82) is 0 Å². The Labute approximate surface area is 115 Å². The summed E-state index contributed by atoms with van der Waals surface area (Å²) in [4.78, 5) is 2.33. The SMILES string of the molecule is CC[C@H](O)c1ccccc1N1CC=C(COC)CC1. The topological polar surface area (TPSA) is 32.7 Å². The summed E-state index contributed by atoms with van der Waals surface area (Å²) in [5, 5.41) is 10.1. The Morgan fingerprint density at radius 1 is 1.37 bits per heavy atom. The fourth-order valence-corrected chi connectivity index (χ4v) is 2.52. The number of ether oxygens (including phenoxy) is 1. The monoisotopic (exact) mass is 261 g/mol. The highest BCUT2D eigenvalue weighted by Gasteiger charge is 2.17. The summed E-state index contributed by atoms with van der Waals surface area (Å²) >= 11 is 0. The zero-order valence-electron chi connectivity index (χ0n) is 11.8. The second kappa shape index (κ2) is 6.73. The van der Waals surface area contributed by atoms with Gasteiger partial charge >= 0.3 is 0 Å². The molecule has 0 aliphatic carbocycles. The summed E-state index contributed by atoms with van der Waals surface area (Å²) in [5.41, 5.74) is 3.56. The van der Waals surface area contributed by atoms with E-state index in [9.17, 15) is 5.11 Å². The van der Waals surface area contributed by atoms with Crippen LogP contribution in [0.3, 0.4) is 0 Å². The standard InChI is InChI=1S/C16H23NO2/c1-3-16(18)14-6-4-5-7-15(14)17-10-8-13(9-11-17)12-19-2/h4-8,16,18H,3,9-12H2,1-2H3/t16-/m0/s1. The van der Waals surface area contributed by atoms with Crippen LogP contribution in [-0.4, -0.2) is 31.9 Å². The summed E-state index contributed by atoms with van der Waals surface area (Å²) in [6, 6.07) is 8.16. The first-order valence-electron chi connectivity index (χ1n) is 6.95. The lowest BCUT2D eigenvalue weighted by atomic mass is 10.0. The zero-order valence-corrected chi connectivity index (χ0v) is 11.8. The molecular weight excluding hydrogens is 238 g/mol. The minimum atomic E-state index is -0.374. The van der Waals surface area contributed by atoms with Crippen LogP contribution >= 0.6 is 0 Å². The predicted octanol–water partition coefficient (Wildman–Crippen LogP) is 2.91. The summed E-state index contributed by atoms with van der Waals surface area (Å²) in [6.45, 7) is 4.62. The van der Waals surface area contributed by atoms with Crippen LogP contribution in [0, 0.1) is 0 Å². The largest absolute Gasteiger partial charge is 0.388 e. The Morgan fingerprint density at radius 3 is 2.79 bits per heavy atom. The smallest absolute Gasteiger partial charge is 0.0807 e. The number of nitrogens with zero attached hydrogens (tertiary/aromatic N) is 1. The van der Waals surface area contributed by atoms with Gasteiger partial charge in [0.15, 0.2) is 0 Å². The van der Waals surface area contributed by atoms with E-state index >= 15 is 0 Å². The molecule has 0 radical (unpaired) electrons. The molecule has 0 unspecified atom stereocenters. The highest BCUT2D eigenvalue weighted by atomic mass is 16.5. The first kappa shape index (κ1) is 14.1. The third-order valence-electron chi connectivity index (χ3n) is 3.66. The average Bonchev–Trinajstić information content (AvgIpc) is 2.47. The van der Waals surface area contributed by atoms with Crippen LogP contribution in [0.4, 0.5) is 5.69 Å². The van der Waals surface area contributed by atoms with Crippen molar-refractivity contribution in [1.82, 2.24) is 0 Å². The van der Waals surface area contributed by atoms with Gasteiger partial charge in [0, 0.05) is 31.5 Å². The van der Waals surface area contributed by atoms with Crippen molar-refractivity contribution >= 4 is 5.69 Å². The Balaban J connectivity index is 2.15. The maximum atomic E-state index is 10.1. The van der Waals surface area contributed by atoms with Crippen LogP contribution in [0.1, 0.15) is 31.4 Å². The molecule has 1 N–H and O–H groups in total. The molecule has 1 aromatic rings. The highest BCUT2D eigenvalue weighted by Crippen LogP contribution is 2.29. The van der Waals surface area contributed by atoms with Gasteiger partial charge in [0.2, 0.25) is 0 Å². The van der Waals surface area contributed by atoms with Crippen LogP contribution in [0.5, 0.6) is 0 Å². The molecular formula is C16H23NO2. The minimum Gasteiger partial charge on any atom is -0.388 e. The molecule has 0 saturated heterocycles. The second-order valence-electron chi connectivity index (χ2n) is 4.97. The van der Waals surface area contributed by atoms with Crippen molar-refractivity contribution in [2.75, 3.05) is 31.7 Å². The molecule has 1 heterocycles. The summed E-state index contributed by atoms with van der Waals surface area (Å²) in [6.07, 6.45) is 3.64. The van der Waals surface area contributed by atoms with Crippen LogP contribution in [-0.2, 0) is 4.74 Å². The Bertz CT molecular complexity index is 442. The number of rotatable bonds is 5. The number of aliphatic hydroxyl groups excluding tert-OH is 1. The molecule has 0 amide bonds. The van der Waals surface area contributed by atoms with E-state index in [4.69, 9.17) is 4.74 Å². The number of hydrogen-bond donors (Lipinski definition) is 1. The Morgan fingerprint density at radius 2 is 2.16 bits per heavy atom. The molecule has 3 heteroatoms. The van der Waals surface area contributed by atoms with E-state index in [-0.39, 0.29) is 6.10 Å². The first-order valence-corrected chi connectivity index (χ1v) is 6.95. The van der Waals surface area contributed by atoms with Crippen molar-refractivity contribution < 1.29 is 9.84 Å². The molecule has 104 valence electrons. The fourth-order valence-electron chi connectivity index (χ4n) is 2.52. The molecule has 3 nitrogen and oxygen atoms in total. The first-order chi connectivity index (χ1) is 9.26. The van der Waals surface area contributed by atoms with Gasteiger partial charge in [-0.3, -0.25) is 0 Å². The lowest BCUT2D eigenvalue weighted by molar-refractivity contribution is 0.174. The number of methoxy groups -OCH3 is 1. The van der Waals surface area contributed by atoms with Crippen molar-refractivity contribution in [2.24, 2.45) is 0 Å². The van der Waals surface area contributed by atoms with Crippen LogP contribution in [0.2, 0.25) is 0 Å². The van der Waals surface area contributed by atoms with Gasteiger partial charge in [-0.15, -0.1) is 0 Å². The fraction of sp³-hybridized carbons (Fsp3) is 0.500. The lowest BCUT2D eigenvalue weighted by Gasteiger charge is -2.31. The highest BCUT2D eigenvalue weighted by molar-refractivity contribution is 5.55. The molecule has 0 saturated carbocycles. The maximum Gasteiger partial charge on any atom is 0.0807 e. The van der Waals surface area contributed by atoms with E-state index in [1.54, 1.807) is 7.11 Å². The number of para-hydroxylation sites is 1. The van der Waals surface area contributed by atoms with Crippen molar-refractivity contribution in [3.05, 3.63) is 41.5 Å².